The first-order valence-electron chi connectivity index (χ1n) is 10.1. The molecular formula is C23H24N4O2S. The second-order valence-electron chi connectivity index (χ2n) is 7.60. The molecule has 0 saturated carbocycles. The summed E-state index contributed by atoms with van der Waals surface area (Å²) < 4.78 is 13.8. The van der Waals surface area contributed by atoms with Crippen LogP contribution in [0.15, 0.2) is 59.8 Å². The standard InChI is InChI=1S/C23H24N4O2S/c1-16-3-5-18(6-4-16)30-29-15-17-14-28-12-11-27(17)22-8-7-19-20-13-24-10-9-21(20)26(2)23(19)25-22/h3-10,13,17H,11-12,14-15H2,1-2H3/t17-/m0/s1. The second-order valence-corrected chi connectivity index (χ2v) is 8.47. The fourth-order valence-electron chi connectivity index (χ4n) is 3.93. The Balaban J connectivity index is 1.37. The molecular weight excluding hydrogens is 396 g/mol. The van der Waals surface area contributed by atoms with Gasteiger partial charge in [-0.3, -0.25) is 4.98 Å². The zero-order chi connectivity index (χ0) is 20.5. The molecule has 6 nitrogen and oxygen atoms in total. The van der Waals surface area contributed by atoms with Crippen LogP contribution in [0.3, 0.4) is 0 Å². The van der Waals surface area contributed by atoms with Gasteiger partial charge >= 0.3 is 0 Å². The third-order valence-corrected chi connectivity index (χ3v) is 6.30. The number of morpholine rings is 1. The van der Waals surface area contributed by atoms with Crippen LogP contribution < -0.4 is 4.90 Å². The Morgan fingerprint density at radius 3 is 2.87 bits per heavy atom. The van der Waals surface area contributed by atoms with Crippen molar-refractivity contribution in [2.75, 3.05) is 31.3 Å². The van der Waals surface area contributed by atoms with E-state index in [0.717, 1.165) is 39.2 Å². The van der Waals surface area contributed by atoms with Gasteiger partial charge in [0.1, 0.15) is 11.5 Å². The van der Waals surface area contributed by atoms with Crippen molar-refractivity contribution < 1.29 is 8.92 Å². The predicted octanol–water partition coefficient (Wildman–Crippen LogP) is 4.36. The molecule has 154 valence electrons. The number of pyridine rings is 2. The van der Waals surface area contributed by atoms with Crippen LogP contribution in [0.4, 0.5) is 5.82 Å². The van der Waals surface area contributed by atoms with Crippen LogP contribution in [0.25, 0.3) is 21.9 Å². The third-order valence-electron chi connectivity index (χ3n) is 5.59. The van der Waals surface area contributed by atoms with Gasteiger partial charge in [-0.05, 0) is 37.3 Å². The van der Waals surface area contributed by atoms with E-state index < -0.39 is 0 Å². The Bertz CT molecular complexity index is 1180. The van der Waals surface area contributed by atoms with Gasteiger partial charge in [0.25, 0.3) is 0 Å². The minimum Gasteiger partial charge on any atom is -0.377 e. The summed E-state index contributed by atoms with van der Waals surface area (Å²) in [5.74, 6) is 0.957. The Hall–Kier alpha value is -2.61. The Morgan fingerprint density at radius 1 is 1.13 bits per heavy atom. The van der Waals surface area contributed by atoms with Crippen molar-refractivity contribution in [3.8, 4) is 0 Å². The molecule has 1 aliphatic heterocycles. The van der Waals surface area contributed by atoms with E-state index in [-0.39, 0.29) is 6.04 Å². The number of aryl methyl sites for hydroxylation is 2. The van der Waals surface area contributed by atoms with Crippen molar-refractivity contribution in [3.63, 3.8) is 0 Å². The molecule has 1 atom stereocenters. The number of nitrogens with zero attached hydrogens (tertiary/aromatic N) is 4. The fourth-order valence-corrected chi connectivity index (χ4v) is 4.54. The summed E-state index contributed by atoms with van der Waals surface area (Å²) in [5.41, 5.74) is 3.36. The van der Waals surface area contributed by atoms with E-state index in [2.05, 4.69) is 64.8 Å². The van der Waals surface area contributed by atoms with Gasteiger partial charge in [-0.15, -0.1) is 0 Å². The monoisotopic (exact) mass is 420 g/mol. The summed E-state index contributed by atoms with van der Waals surface area (Å²) in [6.07, 6.45) is 3.73. The van der Waals surface area contributed by atoms with E-state index in [1.165, 1.54) is 17.6 Å². The molecule has 0 amide bonds. The molecule has 5 rings (SSSR count). The lowest BCUT2D eigenvalue weighted by molar-refractivity contribution is 0.0798. The summed E-state index contributed by atoms with van der Waals surface area (Å²) in [6, 6.07) is 14.8. The lowest BCUT2D eigenvalue weighted by atomic mass is 10.2. The highest BCUT2D eigenvalue weighted by atomic mass is 32.2. The molecule has 0 unspecified atom stereocenters. The summed E-state index contributed by atoms with van der Waals surface area (Å²) in [7, 11) is 2.06. The summed E-state index contributed by atoms with van der Waals surface area (Å²) in [4.78, 5) is 12.7. The Morgan fingerprint density at radius 2 is 2.00 bits per heavy atom. The second kappa shape index (κ2) is 8.26. The van der Waals surface area contributed by atoms with Crippen molar-refractivity contribution in [2.24, 2.45) is 7.05 Å². The number of ether oxygens (including phenoxy) is 1. The molecule has 4 aromatic rings. The molecule has 1 fully saturated rings. The minimum absolute atomic E-state index is 0.123. The number of fused-ring (bicyclic) bond motifs is 3. The SMILES string of the molecule is Cc1ccc(SOC[C@@H]2COCCN2c2ccc3c4cnccc4n(C)c3n2)cc1. The van der Waals surface area contributed by atoms with E-state index in [9.17, 15) is 0 Å². The smallest absolute Gasteiger partial charge is 0.143 e. The van der Waals surface area contributed by atoms with Crippen LogP contribution in [0.1, 0.15) is 5.56 Å². The first-order chi connectivity index (χ1) is 14.7. The van der Waals surface area contributed by atoms with Crippen molar-refractivity contribution in [1.82, 2.24) is 14.5 Å². The molecule has 0 bridgehead atoms. The van der Waals surface area contributed by atoms with E-state index in [0.29, 0.717) is 19.8 Å². The first kappa shape index (κ1) is 19.4. The van der Waals surface area contributed by atoms with Crippen molar-refractivity contribution in [1.29, 1.82) is 0 Å². The fraction of sp³-hybridized carbons (Fsp3) is 0.304. The van der Waals surface area contributed by atoms with Crippen molar-refractivity contribution >= 4 is 39.8 Å². The molecule has 1 aromatic carbocycles. The van der Waals surface area contributed by atoms with Crippen molar-refractivity contribution in [2.45, 2.75) is 17.9 Å². The zero-order valence-electron chi connectivity index (χ0n) is 17.1. The Kier molecular flexibility index (Phi) is 5.33. The van der Waals surface area contributed by atoms with E-state index in [4.69, 9.17) is 13.9 Å². The summed E-state index contributed by atoms with van der Waals surface area (Å²) >= 11 is 1.41. The average Bonchev–Trinajstić information content (AvgIpc) is 3.07. The highest BCUT2D eigenvalue weighted by molar-refractivity contribution is 7.94. The van der Waals surface area contributed by atoms with Gasteiger partial charge in [0, 0.05) is 53.7 Å². The Labute approximate surface area is 180 Å². The van der Waals surface area contributed by atoms with Crippen LogP contribution in [-0.2, 0) is 16.0 Å². The normalized spacial score (nSPS) is 17.1. The van der Waals surface area contributed by atoms with E-state index >= 15 is 0 Å². The molecule has 30 heavy (non-hydrogen) atoms. The predicted molar refractivity (Wildman–Crippen MR) is 121 cm³/mol. The van der Waals surface area contributed by atoms with E-state index in [1.54, 1.807) is 0 Å². The number of anilines is 1. The van der Waals surface area contributed by atoms with Crippen LogP contribution in [0.2, 0.25) is 0 Å². The highest BCUT2D eigenvalue weighted by Gasteiger charge is 2.25. The van der Waals surface area contributed by atoms with Crippen LogP contribution in [0.5, 0.6) is 0 Å². The number of hydrogen-bond donors (Lipinski definition) is 0. The van der Waals surface area contributed by atoms with E-state index in [1.807, 2.05) is 18.5 Å². The quantitative estimate of drug-likeness (QED) is 0.447. The molecule has 4 heterocycles. The number of hydrogen-bond acceptors (Lipinski definition) is 6. The first-order valence-corrected chi connectivity index (χ1v) is 10.8. The molecule has 1 saturated heterocycles. The molecule has 0 radical (unpaired) electrons. The molecule has 0 spiro atoms. The van der Waals surface area contributed by atoms with Gasteiger partial charge in [0.15, 0.2) is 0 Å². The average molecular weight is 421 g/mol. The molecule has 1 aliphatic rings. The minimum atomic E-state index is 0.123. The largest absolute Gasteiger partial charge is 0.377 e. The zero-order valence-corrected chi connectivity index (χ0v) is 17.9. The highest BCUT2D eigenvalue weighted by Crippen LogP contribution is 2.29. The van der Waals surface area contributed by atoms with Crippen LogP contribution >= 0.6 is 12.0 Å². The van der Waals surface area contributed by atoms with Gasteiger partial charge in [-0.1, -0.05) is 17.7 Å². The number of aromatic nitrogens is 3. The van der Waals surface area contributed by atoms with Gasteiger partial charge < -0.3 is 18.4 Å². The number of rotatable bonds is 5. The maximum atomic E-state index is 5.96. The molecule has 0 aliphatic carbocycles. The third kappa shape index (κ3) is 3.64. The lowest BCUT2D eigenvalue weighted by Crippen LogP contribution is -2.48. The van der Waals surface area contributed by atoms with Crippen LogP contribution in [0, 0.1) is 6.92 Å². The summed E-state index contributed by atoms with van der Waals surface area (Å²) in [6.45, 7) is 4.78. The summed E-state index contributed by atoms with van der Waals surface area (Å²) in [5, 5.41) is 2.26. The van der Waals surface area contributed by atoms with Crippen LogP contribution in [-0.4, -0.2) is 46.9 Å². The molecule has 0 N–H and O–H groups in total. The van der Waals surface area contributed by atoms with Crippen molar-refractivity contribution in [3.05, 3.63) is 60.4 Å². The maximum Gasteiger partial charge on any atom is 0.143 e. The van der Waals surface area contributed by atoms with Gasteiger partial charge in [-0.2, -0.15) is 0 Å². The molecule has 3 aromatic heterocycles. The number of benzene rings is 1. The van der Waals surface area contributed by atoms with Gasteiger partial charge in [0.2, 0.25) is 0 Å². The molecule has 7 heteroatoms. The topological polar surface area (TPSA) is 52.4 Å². The maximum absolute atomic E-state index is 5.96. The lowest BCUT2D eigenvalue weighted by Gasteiger charge is -2.36. The van der Waals surface area contributed by atoms with Gasteiger partial charge in [-0.25, -0.2) is 4.98 Å². The van der Waals surface area contributed by atoms with Gasteiger partial charge in [0.05, 0.1) is 31.4 Å².